The van der Waals surface area contributed by atoms with Gasteiger partial charge in [-0.3, -0.25) is 4.79 Å². The van der Waals surface area contributed by atoms with Gasteiger partial charge in [-0.25, -0.2) is 9.79 Å². The largest absolute Gasteiger partial charge is 0.461 e. The molecule has 0 saturated heterocycles. The number of carbonyl (C=O) groups is 1. The van der Waals surface area contributed by atoms with Crippen molar-refractivity contribution in [1.82, 2.24) is 0 Å². The normalized spacial score (nSPS) is 11.7. The van der Waals surface area contributed by atoms with Crippen molar-refractivity contribution in [2.24, 2.45) is 16.8 Å². The summed E-state index contributed by atoms with van der Waals surface area (Å²) in [4.78, 5) is 25.6. The second kappa shape index (κ2) is 8.22. The zero-order valence-corrected chi connectivity index (χ0v) is 11.3. The first-order valence-corrected chi connectivity index (χ1v) is 6.37. The van der Waals surface area contributed by atoms with Crippen molar-refractivity contribution < 1.29 is 14.3 Å². The quantitative estimate of drug-likeness (QED) is 0.431. The molecular formula is C15H19NO3. The summed E-state index contributed by atoms with van der Waals surface area (Å²) in [6.07, 6.45) is 2.12. The van der Waals surface area contributed by atoms with Gasteiger partial charge in [-0.15, -0.1) is 0 Å². The van der Waals surface area contributed by atoms with E-state index in [2.05, 4.69) is 4.99 Å². The van der Waals surface area contributed by atoms with Gasteiger partial charge in [0.2, 0.25) is 6.08 Å². The Morgan fingerprint density at radius 2 is 2.00 bits per heavy atom. The van der Waals surface area contributed by atoms with Crippen LogP contribution >= 0.6 is 0 Å². The van der Waals surface area contributed by atoms with Gasteiger partial charge in [-0.05, 0) is 17.9 Å². The molecule has 102 valence electrons. The van der Waals surface area contributed by atoms with E-state index in [1.165, 1.54) is 6.08 Å². The van der Waals surface area contributed by atoms with Crippen molar-refractivity contribution >= 4 is 12.0 Å². The third-order valence-corrected chi connectivity index (χ3v) is 2.69. The van der Waals surface area contributed by atoms with E-state index in [-0.39, 0.29) is 25.0 Å². The van der Waals surface area contributed by atoms with Gasteiger partial charge < -0.3 is 4.74 Å². The molecular weight excluding hydrogens is 242 g/mol. The number of esters is 1. The van der Waals surface area contributed by atoms with E-state index in [1.54, 1.807) is 0 Å². The molecule has 1 aromatic rings. The Balaban J connectivity index is 2.53. The zero-order valence-electron chi connectivity index (χ0n) is 11.3. The molecule has 0 unspecified atom stereocenters. The summed E-state index contributed by atoms with van der Waals surface area (Å²) in [7, 11) is 0. The monoisotopic (exact) mass is 261 g/mol. The average Bonchev–Trinajstić information content (AvgIpc) is 2.41. The van der Waals surface area contributed by atoms with E-state index in [0.29, 0.717) is 12.3 Å². The summed E-state index contributed by atoms with van der Waals surface area (Å²) in [6, 6.07) is 9.49. The molecule has 19 heavy (non-hydrogen) atoms. The second-order valence-electron chi connectivity index (χ2n) is 4.85. The summed E-state index contributed by atoms with van der Waals surface area (Å²) >= 11 is 0. The van der Waals surface area contributed by atoms with Crippen molar-refractivity contribution in [3.63, 3.8) is 0 Å². The Morgan fingerprint density at radius 3 is 2.58 bits per heavy atom. The summed E-state index contributed by atoms with van der Waals surface area (Å²) < 4.78 is 5.26. The van der Waals surface area contributed by atoms with Gasteiger partial charge in [-0.2, -0.15) is 0 Å². The minimum atomic E-state index is -0.370. The number of nitrogens with zero attached hydrogens (tertiary/aromatic N) is 1. The lowest BCUT2D eigenvalue weighted by Crippen LogP contribution is -2.22. The Labute approximate surface area is 113 Å². The molecule has 1 atom stereocenters. The molecule has 0 aliphatic heterocycles. The molecule has 0 saturated carbocycles. The molecule has 0 N–H and O–H groups in total. The fourth-order valence-electron chi connectivity index (χ4n) is 1.81. The maximum atomic E-state index is 11.9. The van der Waals surface area contributed by atoms with Gasteiger partial charge in [0.15, 0.2) is 0 Å². The number of ether oxygens (including phenoxy) is 1. The number of aliphatic imine (C=N–C) groups is 1. The van der Waals surface area contributed by atoms with Crippen LogP contribution in [-0.4, -0.2) is 18.6 Å². The van der Waals surface area contributed by atoms with Gasteiger partial charge in [-0.1, -0.05) is 44.2 Å². The molecule has 0 aliphatic carbocycles. The fraction of sp³-hybridized carbons (Fsp3) is 0.467. The Hall–Kier alpha value is -1.93. The third-order valence-electron chi connectivity index (χ3n) is 2.69. The van der Waals surface area contributed by atoms with Crippen LogP contribution in [0, 0.1) is 11.8 Å². The summed E-state index contributed by atoms with van der Waals surface area (Å²) in [5, 5.41) is 0. The lowest BCUT2D eigenvalue weighted by molar-refractivity contribution is -0.150. The lowest BCUT2D eigenvalue weighted by Gasteiger charge is -2.15. The molecule has 1 rings (SSSR count). The molecule has 0 aliphatic rings. The van der Waals surface area contributed by atoms with Gasteiger partial charge in [0.25, 0.3) is 0 Å². The van der Waals surface area contributed by atoms with Crippen LogP contribution in [0.4, 0.5) is 0 Å². The average molecular weight is 261 g/mol. The number of hydrogen-bond donors (Lipinski definition) is 0. The maximum absolute atomic E-state index is 11.9. The number of benzene rings is 1. The summed E-state index contributed by atoms with van der Waals surface area (Å²) in [5.41, 5.74) is 0.943. The van der Waals surface area contributed by atoms with Crippen LogP contribution < -0.4 is 0 Å². The molecule has 0 aromatic heterocycles. The lowest BCUT2D eigenvalue weighted by atomic mass is 9.97. The van der Waals surface area contributed by atoms with Crippen molar-refractivity contribution in [2.45, 2.75) is 26.9 Å². The summed E-state index contributed by atoms with van der Waals surface area (Å²) in [6.45, 7) is 4.43. The van der Waals surface area contributed by atoms with E-state index >= 15 is 0 Å². The highest BCUT2D eigenvalue weighted by Crippen LogP contribution is 2.15. The predicted molar refractivity (Wildman–Crippen MR) is 72.2 cm³/mol. The molecule has 4 heteroatoms. The van der Waals surface area contributed by atoms with E-state index in [0.717, 1.165) is 5.56 Å². The number of carbonyl (C=O) groups excluding carboxylic acids is 2. The van der Waals surface area contributed by atoms with E-state index < -0.39 is 0 Å². The van der Waals surface area contributed by atoms with Crippen molar-refractivity contribution in [3.05, 3.63) is 35.9 Å². The standard InChI is InChI=1S/C15H19NO3/c1-12(2)8-14(9-16-11-17)15(18)19-10-13-6-4-3-5-7-13/h3-7,12,14H,8-10H2,1-2H3/t14-/m0/s1. The minimum Gasteiger partial charge on any atom is -0.461 e. The second-order valence-corrected chi connectivity index (χ2v) is 4.85. The van der Waals surface area contributed by atoms with E-state index in [4.69, 9.17) is 4.74 Å². The molecule has 0 spiro atoms. The maximum Gasteiger partial charge on any atom is 0.311 e. The topological polar surface area (TPSA) is 55.7 Å². The van der Waals surface area contributed by atoms with Crippen LogP contribution in [0.1, 0.15) is 25.8 Å². The Bertz CT molecular complexity index is 436. The highest BCUT2D eigenvalue weighted by atomic mass is 16.5. The molecule has 0 fully saturated rings. The van der Waals surface area contributed by atoms with Crippen molar-refractivity contribution in [1.29, 1.82) is 0 Å². The van der Waals surface area contributed by atoms with E-state index in [1.807, 2.05) is 44.2 Å². The highest BCUT2D eigenvalue weighted by Gasteiger charge is 2.21. The highest BCUT2D eigenvalue weighted by molar-refractivity contribution is 5.72. The Morgan fingerprint density at radius 1 is 1.32 bits per heavy atom. The molecule has 4 nitrogen and oxygen atoms in total. The van der Waals surface area contributed by atoms with Gasteiger partial charge >= 0.3 is 5.97 Å². The van der Waals surface area contributed by atoms with Crippen molar-refractivity contribution in [2.75, 3.05) is 6.54 Å². The minimum absolute atomic E-state index is 0.148. The number of hydrogen-bond acceptors (Lipinski definition) is 4. The number of isocyanates is 1. The number of rotatable bonds is 7. The first-order valence-electron chi connectivity index (χ1n) is 6.37. The molecule has 0 radical (unpaired) electrons. The van der Waals surface area contributed by atoms with Crippen LogP contribution in [0.3, 0.4) is 0 Å². The molecule has 0 heterocycles. The first-order chi connectivity index (χ1) is 9.13. The van der Waals surface area contributed by atoms with Crippen molar-refractivity contribution in [3.8, 4) is 0 Å². The first kappa shape index (κ1) is 15.1. The van der Waals surface area contributed by atoms with Crippen LogP contribution in [0.5, 0.6) is 0 Å². The van der Waals surface area contributed by atoms with Gasteiger partial charge in [0.1, 0.15) is 6.61 Å². The van der Waals surface area contributed by atoms with Crippen LogP contribution in [0.2, 0.25) is 0 Å². The van der Waals surface area contributed by atoms with Gasteiger partial charge in [0.05, 0.1) is 12.5 Å². The Kier molecular flexibility index (Phi) is 6.55. The predicted octanol–water partition coefficient (Wildman–Crippen LogP) is 2.73. The SMILES string of the molecule is CC(C)C[C@@H](CN=C=O)C(=O)OCc1ccccc1. The van der Waals surface area contributed by atoms with Gasteiger partial charge in [0, 0.05) is 0 Å². The molecule has 0 bridgehead atoms. The van der Waals surface area contributed by atoms with E-state index in [9.17, 15) is 9.59 Å². The third kappa shape index (κ3) is 5.98. The molecule has 1 aromatic carbocycles. The van der Waals surface area contributed by atoms with Crippen LogP contribution in [0.25, 0.3) is 0 Å². The smallest absolute Gasteiger partial charge is 0.311 e. The van der Waals surface area contributed by atoms with Crippen LogP contribution in [-0.2, 0) is 20.9 Å². The zero-order chi connectivity index (χ0) is 14.1. The van der Waals surface area contributed by atoms with Crippen LogP contribution in [0.15, 0.2) is 35.3 Å². The molecule has 0 amide bonds. The fourth-order valence-corrected chi connectivity index (χ4v) is 1.81. The summed E-state index contributed by atoms with van der Waals surface area (Å²) in [5.74, 6) is -0.335.